The molecule has 0 atom stereocenters. The van der Waals surface area contributed by atoms with E-state index in [0.717, 1.165) is 16.1 Å². The summed E-state index contributed by atoms with van der Waals surface area (Å²) in [6.45, 7) is 1.18. The maximum Gasteiger partial charge on any atom is 0.235 e. The number of amides is 1. The Morgan fingerprint density at radius 1 is 1.25 bits per heavy atom. The summed E-state index contributed by atoms with van der Waals surface area (Å²) in [6, 6.07) is 5.22. The van der Waals surface area contributed by atoms with E-state index in [4.69, 9.17) is 9.47 Å². The molecule has 24 heavy (non-hydrogen) atoms. The van der Waals surface area contributed by atoms with Crippen LogP contribution in [-0.4, -0.2) is 70.3 Å². The summed E-state index contributed by atoms with van der Waals surface area (Å²) in [5.74, 6) is 0.880. The Kier molecular flexibility index (Phi) is 6.03. The monoisotopic (exact) mass is 357 g/mol. The van der Waals surface area contributed by atoms with Crippen molar-refractivity contribution in [3.8, 4) is 11.5 Å². The minimum Gasteiger partial charge on any atom is -0.454 e. The number of carbonyl (C=O) groups is 1. The van der Waals surface area contributed by atoms with E-state index in [1.54, 1.807) is 18.2 Å². The summed E-state index contributed by atoms with van der Waals surface area (Å²) in [7, 11) is 0.271. The maximum absolute atomic E-state index is 12.0. The molecule has 1 aliphatic heterocycles. The van der Waals surface area contributed by atoms with Gasteiger partial charge in [-0.25, -0.2) is 8.42 Å². The predicted octanol–water partition coefficient (Wildman–Crippen LogP) is -0.145. The molecule has 0 saturated carbocycles. The zero-order chi connectivity index (χ0) is 17.7. The Labute approximate surface area is 142 Å². The van der Waals surface area contributed by atoms with E-state index in [0.29, 0.717) is 24.6 Å². The summed E-state index contributed by atoms with van der Waals surface area (Å²) in [5.41, 5.74) is 0.728. The third-order valence-corrected chi connectivity index (χ3v) is 4.66. The lowest BCUT2D eigenvalue weighted by molar-refractivity contribution is -0.121. The molecule has 1 aliphatic rings. The van der Waals surface area contributed by atoms with Crippen molar-refractivity contribution in [2.24, 2.45) is 0 Å². The number of benzene rings is 1. The molecule has 1 aromatic carbocycles. The zero-order valence-corrected chi connectivity index (χ0v) is 14.9. The fourth-order valence-corrected chi connectivity index (χ4v) is 2.90. The fraction of sp³-hybridized carbons (Fsp3) is 0.533. The predicted molar refractivity (Wildman–Crippen MR) is 89.4 cm³/mol. The number of ether oxygens (including phenoxy) is 2. The van der Waals surface area contributed by atoms with Gasteiger partial charge in [0.05, 0.1) is 12.8 Å². The second kappa shape index (κ2) is 7.82. The van der Waals surface area contributed by atoms with E-state index < -0.39 is 10.0 Å². The lowest BCUT2D eigenvalue weighted by atomic mass is 10.2. The van der Waals surface area contributed by atoms with Crippen molar-refractivity contribution in [1.29, 1.82) is 0 Å². The highest BCUT2D eigenvalue weighted by Crippen LogP contribution is 2.32. The first-order valence-electron chi connectivity index (χ1n) is 7.51. The topological polar surface area (TPSA) is 88.2 Å². The van der Waals surface area contributed by atoms with Gasteiger partial charge in [-0.05, 0) is 31.8 Å². The highest BCUT2D eigenvalue weighted by atomic mass is 32.2. The number of nitrogens with one attached hydrogen (secondary N) is 1. The SMILES string of the molecule is CN(C)CCNC(=O)CN(Cc1ccc2c(c1)OCO2)S(C)(=O)=O. The van der Waals surface area contributed by atoms with Gasteiger partial charge in [-0.3, -0.25) is 4.79 Å². The number of fused-ring (bicyclic) bond motifs is 1. The Morgan fingerprint density at radius 3 is 2.62 bits per heavy atom. The average Bonchev–Trinajstić information content (AvgIpc) is 2.92. The molecule has 2 rings (SSSR count). The zero-order valence-electron chi connectivity index (χ0n) is 14.1. The van der Waals surface area contributed by atoms with Crippen LogP contribution in [0.5, 0.6) is 11.5 Å². The molecule has 0 saturated heterocycles. The molecule has 1 aromatic rings. The van der Waals surface area contributed by atoms with Crippen LogP contribution in [0.2, 0.25) is 0 Å². The molecule has 1 amide bonds. The summed E-state index contributed by atoms with van der Waals surface area (Å²) >= 11 is 0. The third kappa shape index (κ3) is 5.36. The molecule has 0 radical (unpaired) electrons. The van der Waals surface area contributed by atoms with Gasteiger partial charge in [-0.15, -0.1) is 0 Å². The van der Waals surface area contributed by atoms with Gasteiger partial charge in [-0.2, -0.15) is 4.31 Å². The number of hydrogen-bond donors (Lipinski definition) is 1. The van der Waals surface area contributed by atoms with Gasteiger partial charge >= 0.3 is 0 Å². The van der Waals surface area contributed by atoms with Gasteiger partial charge in [0.2, 0.25) is 22.7 Å². The Bertz CT molecular complexity index is 690. The number of rotatable bonds is 8. The van der Waals surface area contributed by atoms with Crippen molar-refractivity contribution in [2.75, 3.05) is 46.8 Å². The smallest absolute Gasteiger partial charge is 0.235 e. The van der Waals surface area contributed by atoms with E-state index in [1.165, 1.54) is 0 Å². The van der Waals surface area contributed by atoms with E-state index >= 15 is 0 Å². The minimum atomic E-state index is -3.52. The van der Waals surface area contributed by atoms with Crippen LogP contribution in [-0.2, 0) is 21.4 Å². The van der Waals surface area contributed by atoms with Gasteiger partial charge in [0.15, 0.2) is 11.5 Å². The summed E-state index contributed by atoms with van der Waals surface area (Å²) in [5, 5.41) is 2.71. The second-order valence-electron chi connectivity index (χ2n) is 5.87. The summed E-state index contributed by atoms with van der Waals surface area (Å²) in [6.07, 6.45) is 1.09. The number of hydrogen-bond acceptors (Lipinski definition) is 6. The third-order valence-electron chi connectivity index (χ3n) is 3.47. The number of sulfonamides is 1. The highest BCUT2D eigenvalue weighted by Gasteiger charge is 2.22. The molecule has 0 fully saturated rings. The lowest BCUT2D eigenvalue weighted by Gasteiger charge is -2.20. The normalized spacial score (nSPS) is 13.5. The fourth-order valence-electron chi connectivity index (χ4n) is 2.17. The molecular weight excluding hydrogens is 334 g/mol. The molecule has 1 heterocycles. The molecular formula is C15H23N3O5S. The standard InChI is InChI=1S/C15H23N3O5S/c1-17(2)7-6-16-15(19)10-18(24(3,20)21)9-12-4-5-13-14(8-12)23-11-22-13/h4-5,8H,6-7,9-11H2,1-3H3,(H,16,19). The molecule has 8 nitrogen and oxygen atoms in total. The van der Waals surface area contributed by atoms with Crippen LogP contribution >= 0.6 is 0 Å². The Balaban J connectivity index is 2.00. The summed E-state index contributed by atoms with van der Waals surface area (Å²) < 4.78 is 35.6. The first-order valence-corrected chi connectivity index (χ1v) is 9.35. The van der Waals surface area contributed by atoms with Gasteiger partial charge in [-0.1, -0.05) is 6.07 Å². The van der Waals surface area contributed by atoms with Crippen molar-refractivity contribution in [3.05, 3.63) is 23.8 Å². The van der Waals surface area contributed by atoms with E-state index in [2.05, 4.69) is 5.32 Å². The quantitative estimate of drug-likeness (QED) is 0.696. The van der Waals surface area contributed by atoms with Crippen molar-refractivity contribution >= 4 is 15.9 Å². The van der Waals surface area contributed by atoms with Crippen LogP contribution in [0.15, 0.2) is 18.2 Å². The van der Waals surface area contributed by atoms with Gasteiger partial charge in [0, 0.05) is 19.6 Å². The molecule has 134 valence electrons. The summed E-state index contributed by atoms with van der Waals surface area (Å²) in [4.78, 5) is 13.9. The maximum atomic E-state index is 12.0. The number of likely N-dealkylation sites (N-methyl/N-ethyl adjacent to an activating group) is 1. The van der Waals surface area contributed by atoms with E-state index in [9.17, 15) is 13.2 Å². The minimum absolute atomic E-state index is 0.0938. The van der Waals surface area contributed by atoms with Crippen molar-refractivity contribution in [3.63, 3.8) is 0 Å². The van der Waals surface area contributed by atoms with Crippen LogP contribution < -0.4 is 14.8 Å². The van der Waals surface area contributed by atoms with E-state index in [-0.39, 0.29) is 25.8 Å². The van der Waals surface area contributed by atoms with Crippen molar-refractivity contribution in [2.45, 2.75) is 6.54 Å². The average molecular weight is 357 g/mol. The highest BCUT2D eigenvalue weighted by molar-refractivity contribution is 7.88. The van der Waals surface area contributed by atoms with Crippen molar-refractivity contribution < 1.29 is 22.7 Å². The Hall–Kier alpha value is -1.84. The van der Waals surface area contributed by atoms with Crippen LogP contribution in [0.3, 0.4) is 0 Å². The molecule has 0 aliphatic carbocycles. The second-order valence-corrected chi connectivity index (χ2v) is 7.85. The van der Waals surface area contributed by atoms with E-state index in [1.807, 2.05) is 19.0 Å². The molecule has 0 unspecified atom stereocenters. The van der Waals surface area contributed by atoms with Gasteiger partial charge in [0.1, 0.15) is 0 Å². The lowest BCUT2D eigenvalue weighted by Crippen LogP contribution is -2.41. The van der Waals surface area contributed by atoms with Crippen molar-refractivity contribution in [1.82, 2.24) is 14.5 Å². The van der Waals surface area contributed by atoms with Crippen LogP contribution in [0.1, 0.15) is 5.56 Å². The molecule has 0 aromatic heterocycles. The molecule has 9 heteroatoms. The number of carbonyl (C=O) groups excluding carboxylic acids is 1. The first-order chi connectivity index (χ1) is 11.3. The van der Waals surface area contributed by atoms with Crippen LogP contribution in [0, 0.1) is 0 Å². The first kappa shape index (κ1) is 18.5. The van der Waals surface area contributed by atoms with Crippen LogP contribution in [0.25, 0.3) is 0 Å². The number of nitrogens with zero attached hydrogens (tertiary/aromatic N) is 2. The Morgan fingerprint density at radius 2 is 1.96 bits per heavy atom. The van der Waals surface area contributed by atoms with Gasteiger partial charge < -0.3 is 19.7 Å². The van der Waals surface area contributed by atoms with Crippen LogP contribution in [0.4, 0.5) is 0 Å². The molecule has 0 bridgehead atoms. The largest absolute Gasteiger partial charge is 0.454 e. The molecule has 0 spiro atoms. The molecule has 1 N–H and O–H groups in total. The van der Waals surface area contributed by atoms with Gasteiger partial charge in [0.25, 0.3) is 0 Å².